The van der Waals surface area contributed by atoms with Crippen molar-refractivity contribution >= 4 is 39.1 Å². The van der Waals surface area contributed by atoms with Gasteiger partial charge in [-0.3, -0.25) is 4.79 Å². The molecule has 25 heavy (non-hydrogen) atoms. The lowest BCUT2D eigenvalue weighted by molar-refractivity contribution is -0.127. The quantitative estimate of drug-likeness (QED) is 0.784. The van der Waals surface area contributed by atoms with Crippen molar-refractivity contribution in [2.75, 3.05) is 25.9 Å². The number of nitrogens with one attached hydrogen (secondary N) is 1. The van der Waals surface area contributed by atoms with E-state index >= 15 is 0 Å². The van der Waals surface area contributed by atoms with E-state index in [0.29, 0.717) is 35.4 Å². The third-order valence-corrected chi connectivity index (χ3v) is 6.01. The molecule has 0 spiro atoms. The van der Waals surface area contributed by atoms with Crippen LogP contribution in [0.5, 0.6) is 5.75 Å². The van der Waals surface area contributed by atoms with Crippen molar-refractivity contribution in [3.05, 3.63) is 28.2 Å². The highest BCUT2D eigenvalue weighted by molar-refractivity contribution is 7.88. The molecule has 2 rings (SSSR count). The molecule has 0 aromatic heterocycles. The molecule has 1 aromatic rings. The van der Waals surface area contributed by atoms with Crippen LogP contribution < -0.4 is 10.1 Å². The topological polar surface area (TPSA) is 75.7 Å². The van der Waals surface area contributed by atoms with Crippen molar-refractivity contribution in [3.8, 4) is 5.75 Å². The molecule has 0 unspecified atom stereocenters. The van der Waals surface area contributed by atoms with Crippen LogP contribution in [-0.4, -0.2) is 50.6 Å². The first-order valence-electron chi connectivity index (χ1n) is 8.01. The lowest BCUT2D eigenvalue weighted by atomic mass is 9.98. The Morgan fingerprint density at radius 1 is 1.36 bits per heavy atom. The average molecular weight is 409 g/mol. The summed E-state index contributed by atoms with van der Waals surface area (Å²) in [6, 6.07) is 4.82. The highest BCUT2D eigenvalue weighted by atomic mass is 35.5. The maximum atomic E-state index is 12.2. The van der Waals surface area contributed by atoms with Crippen LogP contribution in [-0.2, 0) is 14.8 Å². The number of halogens is 2. The molecule has 1 aromatic carbocycles. The van der Waals surface area contributed by atoms with Gasteiger partial charge in [0.2, 0.25) is 10.0 Å². The van der Waals surface area contributed by atoms with Crippen LogP contribution in [0.1, 0.15) is 19.8 Å². The van der Waals surface area contributed by atoms with Gasteiger partial charge in [-0.1, -0.05) is 23.2 Å². The molecule has 9 heteroatoms. The Kier molecular flexibility index (Phi) is 6.96. The summed E-state index contributed by atoms with van der Waals surface area (Å²) >= 11 is 11.9. The van der Waals surface area contributed by atoms with Crippen LogP contribution in [0.15, 0.2) is 18.2 Å². The van der Waals surface area contributed by atoms with Crippen molar-refractivity contribution < 1.29 is 17.9 Å². The minimum atomic E-state index is -3.13. The Morgan fingerprint density at radius 3 is 2.56 bits per heavy atom. The number of rotatable bonds is 6. The fraction of sp³-hybridized carbons (Fsp3) is 0.562. The van der Waals surface area contributed by atoms with Gasteiger partial charge in [0.1, 0.15) is 5.75 Å². The maximum Gasteiger partial charge on any atom is 0.260 e. The van der Waals surface area contributed by atoms with Gasteiger partial charge in [-0.25, -0.2) is 12.7 Å². The molecule has 6 nitrogen and oxygen atoms in total. The van der Waals surface area contributed by atoms with Gasteiger partial charge in [-0.2, -0.15) is 0 Å². The number of hydrogen-bond donors (Lipinski definition) is 1. The van der Waals surface area contributed by atoms with Crippen LogP contribution in [0, 0.1) is 5.92 Å². The van der Waals surface area contributed by atoms with Crippen LogP contribution in [0.4, 0.5) is 0 Å². The molecule has 0 radical (unpaired) electrons. The van der Waals surface area contributed by atoms with E-state index in [2.05, 4.69) is 5.32 Å². The zero-order valence-corrected chi connectivity index (χ0v) is 16.5. The van der Waals surface area contributed by atoms with Crippen molar-refractivity contribution in [3.63, 3.8) is 0 Å². The SMILES string of the molecule is C[C@H](Oc1ccc(Cl)cc1Cl)C(=O)NCC1CCN(S(C)(=O)=O)CC1. The van der Waals surface area contributed by atoms with Crippen LogP contribution in [0.25, 0.3) is 0 Å². The summed E-state index contributed by atoms with van der Waals surface area (Å²) in [4.78, 5) is 12.2. The monoisotopic (exact) mass is 408 g/mol. The fourth-order valence-corrected chi connectivity index (χ4v) is 3.98. The summed E-state index contributed by atoms with van der Waals surface area (Å²) < 4.78 is 30.0. The van der Waals surface area contributed by atoms with Gasteiger partial charge in [0.25, 0.3) is 5.91 Å². The number of sulfonamides is 1. The molecule has 1 atom stereocenters. The molecule has 1 saturated heterocycles. The second-order valence-electron chi connectivity index (χ2n) is 6.19. The predicted octanol–water partition coefficient (Wildman–Crippen LogP) is 2.55. The Hall–Kier alpha value is -1.02. The minimum Gasteiger partial charge on any atom is -0.479 e. The fourth-order valence-electron chi connectivity index (χ4n) is 2.65. The lowest BCUT2D eigenvalue weighted by Gasteiger charge is -2.30. The number of hydrogen-bond acceptors (Lipinski definition) is 4. The van der Waals surface area contributed by atoms with Gasteiger partial charge in [0.15, 0.2) is 6.10 Å². The van der Waals surface area contributed by atoms with Gasteiger partial charge in [-0.05, 0) is 43.9 Å². The zero-order valence-electron chi connectivity index (χ0n) is 14.2. The minimum absolute atomic E-state index is 0.239. The van der Waals surface area contributed by atoms with Crippen molar-refractivity contribution in [1.82, 2.24) is 9.62 Å². The van der Waals surface area contributed by atoms with Crippen molar-refractivity contribution in [2.24, 2.45) is 5.92 Å². The predicted molar refractivity (Wildman–Crippen MR) is 98.7 cm³/mol. The molecule has 1 amide bonds. The molecular formula is C16H22Cl2N2O4S. The van der Waals surface area contributed by atoms with E-state index in [0.717, 1.165) is 12.8 Å². The van der Waals surface area contributed by atoms with E-state index in [9.17, 15) is 13.2 Å². The van der Waals surface area contributed by atoms with Crippen molar-refractivity contribution in [1.29, 1.82) is 0 Å². The average Bonchev–Trinajstić information content (AvgIpc) is 2.54. The third-order valence-electron chi connectivity index (χ3n) is 4.17. The van der Waals surface area contributed by atoms with E-state index in [1.54, 1.807) is 25.1 Å². The van der Waals surface area contributed by atoms with E-state index in [1.165, 1.54) is 10.6 Å². The maximum absolute atomic E-state index is 12.2. The molecule has 0 saturated carbocycles. The molecule has 1 heterocycles. The largest absolute Gasteiger partial charge is 0.479 e. The number of benzene rings is 1. The Balaban J connectivity index is 1.78. The smallest absolute Gasteiger partial charge is 0.260 e. The van der Waals surface area contributed by atoms with Gasteiger partial charge < -0.3 is 10.1 Å². The van der Waals surface area contributed by atoms with Crippen LogP contribution in [0.3, 0.4) is 0 Å². The molecule has 1 aliphatic heterocycles. The summed E-state index contributed by atoms with van der Waals surface area (Å²) in [7, 11) is -3.13. The summed E-state index contributed by atoms with van der Waals surface area (Å²) in [6.45, 7) is 3.13. The number of carbonyl (C=O) groups is 1. The van der Waals surface area contributed by atoms with Gasteiger partial charge in [0, 0.05) is 24.7 Å². The standard InChI is InChI=1S/C16H22Cl2N2O4S/c1-11(24-15-4-3-13(17)9-14(15)18)16(21)19-10-12-5-7-20(8-6-12)25(2,22)23/h3-4,9,11-12H,5-8,10H2,1-2H3,(H,19,21)/t11-/m0/s1. The Bertz CT molecular complexity index is 719. The molecule has 1 fully saturated rings. The molecule has 0 bridgehead atoms. The Morgan fingerprint density at radius 2 is 2.00 bits per heavy atom. The Labute approximate surface area is 158 Å². The van der Waals surface area contributed by atoms with Crippen molar-refractivity contribution in [2.45, 2.75) is 25.9 Å². The van der Waals surface area contributed by atoms with Crippen LogP contribution >= 0.6 is 23.2 Å². The lowest BCUT2D eigenvalue weighted by Crippen LogP contribution is -2.43. The normalized spacial score (nSPS) is 17.9. The van der Waals surface area contributed by atoms with Gasteiger partial charge in [0.05, 0.1) is 11.3 Å². The summed E-state index contributed by atoms with van der Waals surface area (Å²) in [5, 5.41) is 3.70. The number of piperidine rings is 1. The van der Waals surface area contributed by atoms with Gasteiger partial charge >= 0.3 is 0 Å². The highest BCUT2D eigenvalue weighted by Gasteiger charge is 2.25. The molecule has 0 aliphatic carbocycles. The van der Waals surface area contributed by atoms with E-state index in [1.807, 2.05) is 0 Å². The first kappa shape index (κ1) is 20.3. The second-order valence-corrected chi connectivity index (χ2v) is 9.01. The first-order valence-corrected chi connectivity index (χ1v) is 10.6. The summed E-state index contributed by atoms with van der Waals surface area (Å²) in [6.07, 6.45) is 1.97. The van der Waals surface area contributed by atoms with E-state index < -0.39 is 16.1 Å². The molecule has 1 N–H and O–H groups in total. The van der Waals surface area contributed by atoms with Gasteiger partial charge in [-0.15, -0.1) is 0 Å². The summed E-state index contributed by atoms with van der Waals surface area (Å²) in [5.74, 6) is 0.417. The first-order chi connectivity index (χ1) is 11.7. The number of nitrogens with zero attached hydrogens (tertiary/aromatic N) is 1. The highest BCUT2D eigenvalue weighted by Crippen LogP contribution is 2.28. The summed E-state index contributed by atoms with van der Waals surface area (Å²) in [5.41, 5.74) is 0. The van der Waals surface area contributed by atoms with E-state index in [-0.39, 0.29) is 11.8 Å². The molecule has 1 aliphatic rings. The zero-order chi connectivity index (χ0) is 18.6. The molecule has 140 valence electrons. The third kappa shape index (κ3) is 6.02. The number of carbonyl (C=O) groups excluding carboxylic acids is 1. The number of ether oxygens (including phenoxy) is 1. The van der Waals surface area contributed by atoms with E-state index in [4.69, 9.17) is 27.9 Å². The van der Waals surface area contributed by atoms with Crippen LogP contribution in [0.2, 0.25) is 10.0 Å². The second kappa shape index (κ2) is 8.58. The molecular weight excluding hydrogens is 387 g/mol. The number of amides is 1.